The van der Waals surface area contributed by atoms with Crippen molar-refractivity contribution in [1.29, 1.82) is 0 Å². The lowest BCUT2D eigenvalue weighted by molar-refractivity contribution is -0.132. The molecule has 84 valence electrons. The molecule has 0 bridgehead atoms. The molecule has 1 aliphatic heterocycles. The van der Waals surface area contributed by atoms with Crippen molar-refractivity contribution in [3.8, 4) is 0 Å². The molecule has 0 spiro atoms. The molecule has 1 aromatic heterocycles. The highest BCUT2D eigenvalue weighted by Gasteiger charge is 2.22. The molecule has 1 N–H and O–H groups in total. The largest absolute Gasteiger partial charge is 0.478 e. The topological polar surface area (TPSA) is 57.6 Å². The highest BCUT2D eigenvalue weighted by Crippen LogP contribution is 2.16. The Morgan fingerprint density at radius 2 is 2.25 bits per heavy atom. The van der Waals surface area contributed by atoms with Gasteiger partial charge in [-0.3, -0.25) is 4.79 Å². The predicted molar refractivity (Wildman–Crippen MR) is 60.6 cm³/mol. The van der Waals surface area contributed by atoms with Gasteiger partial charge >= 0.3 is 5.97 Å². The predicted octanol–water partition coefficient (Wildman–Crippen LogP) is 1.61. The molecule has 4 nitrogen and oxygen atoms in total. The summed E-state index contributed by atoms with van der Waals surface area (Å²) in [5.41, 5.74) is 0.302. The van der Waals surface area contributed by atoms with E-state index in [1.807, 2.05) is 11.4 Å². The van der Waals surface area contributed by atoms with Crippen molar-refractivity contribution in [2.75, 3.05) is 13.1 Å². The van der Waals surface area contributed by atoms with Gasteiger partial charge in [0.05, 0.1) is 17.0 Å². The number of rotatable bonds is 2. The van der Waals surface area contributed by atoms with Crippen molar-refractivity contribution in [1.82, 2.24) is 4.90 Å². The van der Waals surface area contributed by atoms with Crippen LogP contribution in [0.2, 0.25) is 0 Å². The molecule has 2 rings (SSSR count). The zero-order valence-corrected chi connectivity index (χ0v) is 9.37. The Kier molecular flexibility index (Phi) is 3.05. The van der Waals surface area contributed by atoms with E-state index >= 15 is 0 Å². The number of carbonyl (C=O) groups is 2. The number of aliphatic carboxylic acids is 1. The van der Waals surface area contributed by atoms with E-state index in [1.54, 1.807) is 17.0 Å². The van der Waals surface area contributed by atoms with Crippen LogP contribution in [0, 0.1) is 0 Å². The van der Waals surface area contributed by atoms with Gasteiger partial charge in [0.15, 0.2) is 0 Å². The van der Waals surface area contributed by atoms with Crippen LogP contribution in [-0.2, 0) is 4.79 Å². The number of carboxylic acid groups (broad SMARTS) is 1. The van der Waals surface area contributed by atoms with Crippen LogP contribution in [0.25, 0.3) is 0 Å². The second kappa shape index (κ2) is 4.49. The zero-order chi connectivity index (χ0) is 11.5. The Balaban J connectivity index is 2.10. The Morgan fingerprint density at radius 1 is 1.44 bits per heavy atom. The maximum atomic E-state index is 11.9. The first-order valence-corrected chi connectivity index (χ1v) is 5.81. The van der Waals surface area contributed by atoms with Gasteiger partial charge in [0, 0.05) is 6.54 Å². The lowest BCUT2D eigenvalue weighted by Gasteiger charge is -2.25. The molecular formula is C11H11NO3S. The normalized spacial score (nSPS) is 15.8. The number of hydrogen-bond acceptors (Lipinski definition) is 3. The van der Waals surface area contributed by atoms with Crippen molar-refractivity contribution in [2.24, 2.45) is 0 Å². The van der Waals surface area contributed by atoms with Crippen LogP contribution in [0.1, 0.15) is 16.1 Å². The molecular weight excluding hydrogens is 226 g/mol. The second-order valence-electron chi connectivity index (χ2n) is 3.53. The maximum absolute atomic E-state index is 11.9. The van der Waals surface area contributed by atoms with Crippen molar-refractivity contribution < 1.29 is 14.7 Å². The van der Waals surface area contributed by atoms with E-state index in [0.717, 1.165) is 0 Å². The van der Waals surface area contributed by atoms with Crippen molar-refractivity contribution in [3.05, 3.63) is 34.0 Å². The molecule has 2 heterocycles. The summed E-state index contributed by atoms with van der Waals surface area (Å²) in [5.74, 6) is -1.02. The van der Waals surface area contributed by atoms with Crippen LogP contribution in [0.15, 0.2) is 29.2 Å². The van der Waals surface area contributed by atoms with Crippen molar-refractivity contribution in [2.45, 2.75) is 6.42 Å². The van der Waals surface area contributed by atoms with Crippen LogP contribution in [0.4, 0.5) is 0 Å². The minimum absolute atomic E-state index is 0.0816. The zero-order valence-electron chi connectivity index (χ0n) is 8.55. The van der Waals surface area contributed by atoms with Crippen LogP contribution < -0.4 is 0 Å². The third kappa shape index (κ3) is 2.14. The molecule has 0 radical (unpaired) electrons. The fraction of sp³-hybridized carbons (Fsp3) is 0.273. The summed E-state index contributed by atoms with van der Waals surface area (Å²) < 4.78 is 0. The lowest BCUT2D eigenvalue weighted by atomic mass is 10.1. The standard InChI is InChI=1S/C11H11NO3S/c13-10(9-4-2-6-16-9)12-5-1-3-8(7-12)11(14)15/h2-4,6H,1,5,7H2,(H,14,15). The monoisotopic (exact) mass is 237 g/mol. The molecule has 1 aliphatic rings. The molecule has 1 amide bonds. The van der Waals surface area contributed by atoms with E-state index in [4.69, 9.17) is 5.11 Å². The average molecular weight is 237 g/mol. The number of carboxylic acids is 1. The van der Waals surface area contributed by atoms with Gasteiger partial charge < -0.3 is 10.0 Å². The summed E-state index contributed by atoms with van der Waals surface area (Å²) in [6, 6.07) is 3.57. The van der Waals surface area contributed by atoms with Gasteiger partial charge in [-0.25, -0.2) is 4.79 Å². The summed E-state index contributed by atoms with van der Waals surface area (Å²) in [4.78, 5) is 25.0. The van der Waals surface area contributed by atoms with Gasteiger partial charge in [-0.1, -0.05) is 12.1 Å². The van der Waals surface area contributed by atoms with Crippen LogP contribution in [-0.4, -0.2) is 35.0 Å². The van der Waals surface area contributed by atoms with Crippen molar-refractivity contribution in [3.63, 3.8) is 0 Å². The molecule has 0 unspecified atom stereocenters. The average Bonchev–Trinajstić information content (AvgIpc) is 2.81. The fourth-order valence-electron chi connectivity index (χ4n) is 1.63. The van der Waals surface area contributed by atoms with Crippen molar-refractivity contribution >= 4 is 23.2 Å². The van der Waals surface area contributed by atoms with Gasteiger partial charge in [-0.05, 0) is 17.9 Å². The van der Waals surface area contributed by atoms with Crippen LogP contribution >= 0.6 is 11.3 Å². The molecule has 0 saturated heterocycles. The van der Waals surface area contributed by atoms with E-state index in [9.17, 15) is 9.59 Å². The molecule has 5 heteroatoms. The fourth-order valence-corrected chi connectivity index (χ4v) is 2.32. The Morgan fingerprint density at radius 3 is 2.88 bits per heavy atom. The van der Waals surface area contributed by atoms with Gasteiger partial charge in [0.1, 0.15) is 0 Å². The van der Waals surface area contributed by atoms with Gasteiger partial charge in [-0.15, -0.1) is 11.3 Å². The van der Waals surface area contributed by atoms with E-state index in [2.05, 4.69) is 0 Å². The number of carbonyl (C=O) groups excluding carboxylic acids is 1. The molecule has 0 saturated carbocycles. The summed E-state index contributed by atoms with van der Waals surface area (Å²) in [7, 11) is 0. The second-order valence-corrected chi connectivity index (χ2v) is 4.47. The van der Waals surface area contributed by atoms with Gasteiger partial charge in [0.2, 0.25) is 0 Å². The van der Waals surface area contributed by atoms with E-state index in [1.165, 1.54) is 11.3 Å². The first-order chi connectivity index (χ1) is 7.68. The highest BCUT2D eigenvalue weighted by atomic mass is 32.1. The minimum Gasteiger partial charge on any atom is -0.478 e. The summed E-state index contributed by atoms with van der Waals surface area (Å²) in [5, 5.41) is 10.7. The number of nitrogens with zero attached hydrogens (tertiary/aromatic N) is 1. The Labute approximate surface area is 96.8 Å². The van der Waals surface area contributed by atoms with Crippen LogP contribution in [0.5, 0.6) is 0 Å². The smallest absolute Gasteiger partial charge is 0.333 e. The van der Waals surface area contributed by atoms with Gasteiger partial charge in [0.25, 0.3) is 5.91 Å². The van der Waals surface area contributed by atoms with E-state index in [-0.39, 0.29) is 12.5 Å². The number of thiophene rings is 1. The Bertz CT molecular complexity index is 436. The summed E-state index contributed by atoms with van der Waals surface area (Å²) in [6.07, 6.45) is 2.29. The summed E-state index contributed by atoms with van der Waals surface area (Å²) in [6.45, 7) is 0.791. The quantitative estimate of drug-likeness (QED) is 0.850. The number of hydrogen-bond donors (Lipinski definition) is 1. The van der Waals surface area contributed by atoms with E-state index in [0.29, 0.717) is 23.4 Å². The van der Waals surface area contributed by atoms with Crippen LogP contribution in [0.3, 0.4) is 0 Å². The minimum atomic E-state index is -0.941. The third-order valence-electron chi connectivity index (χ3n) is 2.44. The first kappa shape index (κ1) is 10.9. The molecule has 0 aliphatic carbocycles. The third-order valence-corrected chi connectivity index (χ3v) is 3.30. The van der Waals surface area contributed by atoms with Gasteiger partial charge in [-0.2, -0.15) is 0 Å². The Hall–Kier alpha value is -1.62. The maximum Gasteiger partial charge on any atom is 0.333 e. The van der Waals surface area contributed by atoms with E-state index < -0.39 is 5.97 Å². The molecule has 16 heavy (non-hydrogen) atoms. The molecule has 1 aromatic rings. The molecule has 0 aromatic carbocycles. The highest BCUT2D eigenvalue weighted by molar-refractivity contribution is 7.12. The summed E-state index contributed by atoms with van der Waals surface area (Å²) >= 11 is 1.38. The molecule has 0 atom stereocenters. The number of amides is 1. The molecule has 0 fully saturated rings. The SMILES string of the molecule is O=C(O)C1=CCCN(C(=O)c2cccs2)C1. The lowest BCUT2D eigenvalue weighted by Crippen LogP contribution is -2.36. The first-order valence-electron chi connectivity index (χ1n) is 4.93.